The number of aromatic nitrogens is 1. The molecule has 0 saturated heterocycles. The monoisotopic (exact) mass is 525 g/mol. The molecule has 8 nitrogen and oxygen atoms in total. The largest absolute Gasteiger partial charge is 0.495 e. The molecule has 1 heterocycles. The van der Waals surface area contributed by atoms with E-state index < -0.39 is 12.0 Å². The number of carboxylic acids is 1. The van der Waals surface area contributed by atoms with Crippen molar-refractivity contribution < 1.29 is 19.4 Å². The summed E-state index contributed by atoms with van der Waals surface area (Å²) in [5.74, 6) is -0.502. The van der Waals surface area contributed by atoms with Gasteiger partial charge in [-0.2, -0.15) is 0 Å². The minimum absolute atomic E-state index is 0.0655. The third-order valence-corrected chi connectivity index (χ3v) is 6.56. The van der Waals surface area contributed by atoms with Crippen molar-refractivity contribution in [3.63, 3.8) is 0 Å². The maximum absolute atomic E-state index is 13.3. The molecule has 8 heteroatoms. The maximum Gasteiger partial charge on any atom is 0.323 e. The van der Waals surface area contributed by atoms with Crippen molar-refractivity contribution >= 4 is 23.4 Å². The van der Waals surface area contributed by atoms with Crippen LogP contribution in [0.25, 0.3) is 11.1 Å². The van der Waals surface area contributed by atoms with E-state index in [1.54, 1.807) is 35.0 Å². The summed E-state index contributed by atoms with van der Waals surface area (Å²) in [6, 6.07) is 23.5. The van der Waals surface area contributed by atoms with Crippen LogP contribution in [0.5, 0.6) is 5.75 Å². The first-order valence-corrected chi connectivity index (χ1v) is 12.6. The van der Waals surface area contributed by atoms with E-state index in [0.717, 1.165) is 16.7 Å². The smallest absolute Gasteiger partial charge is 0.323 e. The summed E-state index contributed by atoms with van der Waals surface area (Å²) < 4.78 is 7.14. The maximum atomic E-state index is 13.3. The molecule has 0 aliphatic carbocycles. The highest BCUT2D eigenvalue weighted by Crippen LogP contribution is 2.30. The predicted octanol–water partition coefficient (Wildman–Crippen LogP) is 6.10. The number of aryl methyl sites for hydroxylation is 1. The van der Waals surface area contributed by atoms with E-state index in [2.05, 4.69) is 10.6 Å². The summed E-state index contributed by atoms with van der Waals surface area (Å²) >= 11 is 0. The number of carbonyl (C=O) groups is 2. The van der Waals surface area contributed by atoms with E-state index in [0.29, 0.717) is 34.8 Å². The molecule has 39 heavy (non-hydrogen) atoms. The van der Waals surface area contributed by atoms with Gasteiger partial charge in [0.25, 0.3) is 5.56 Å². The van der Waals surface area contributed by atoms with Gasteiger partial charge >= 0.3 is 12.0 Å². The number of nitrogens with one attached hydrogen (secondary N) is 2. The molecule has 3 aromatic carbocycles. The van der Waals surface area contributed by atoms with Crippen LogP contribution < -0.4 is 20.9 Å². The van der Waals surface area contributed by atoms with Gasteiger partial charge in [-0.15, -0.1) is 0 Å². The molecule has 4 aromatic rings. The van der Waals surface area contributed by atoms with Crippen LogP contribution >= 0.6 is 0 Å². The van der Waals surface area contributed by atoms with Gasteiger partial charge in [-0.25, -0.2) is 4.79 Å². The zero-order valence-electron chi connectivity index (χ0n) is 22.1. The minimum atomic E-state index is -0.832. The van der Waals surface area contributed by atoms with Crippen LogP contribution in [-0.2, 0) is 11.3 Å². The highest BCUT2D eigenvalue weighted by Gasteiger charge is 2.14. The number of urea groups is 1. The van der Waals surface area contributed by atoms with E-state index >= 15 is 0 Å². The zero-order valence-corrected chi connectivity index (χ0v) is 22.1. The summed E-state index contributed by atoms with van der Waals surface area (Å²) in [7, 11) is 1.51. The average molecular weight is 526 g/mol. The average Bonchev–Trinajstić information content (AvgIpc) is 2.91. The number of benzene rings is 3. The lowest BCUT2D eigenvalue weighted by Crippen LogP contribution is -2.22. The van der Waals surface area contributed by atoms with Crippen LogP contribution in [0.4, 0.5) is 16.2 Å². The highest BCUT2D eigenvalue weighted by molar-refractivity contribution is 6.01. The van der Waals surface area contributed by atoms with Crippen molar-refractivity contribution in [2.45, 2.75) is 32.7 Å². The van der Waals surface area contributed by atoms with Crippen molar-refractivity contribution in [2.75, 3.05) is 17.7 Å². The summed E-state index contributed by atoms with van der Waals surface area (Å²) in [6.45, 7) is 4.16. The zero-order chi connectivity index (χ0) is 27.9. The summed E-state index contributed by atoms with van der Waals surface area (Å²) in [6.07, 6.45) is 1.80. The Hall–Kier alpha value is -4.85. The lowest BCUT2D eigenvalue weighted by atomic mass is 9.97. The number of amides is 2. The third kappa shape index (κ3) is 6.73. The fourth-order valence-electron chi connectivity index (χ4n) is 4.36. The summed E-state index contributed by atoms with van der Waals surface area (Å²) in [4.78, 5) is 36.9. The van der Waals surface area contributed by atoms with Gasteiger partial charge in [-0.1, -0.05) is 55.5 Å². The molecule has 0 aliphatic heterocycles. The number of nitrogens with zero attached hydrogens (tertiary/aromatic N) is 1. The molecule has 0 bridgehead atoms. The number of hydrogen-bond donors (Lipinski definition) is 3. The molecule has 0 aliphatic rings. The normalized spacial score (nSPS) is 11.5. The number of hydrogen-bond acceptors (Lipinski definition) is 4. The second-order valence-corrected chi connectivity index (χ2v) is 9.40. The van der Waals surface area contributed by atoms with Gasteiger partial charge in [0.05, 0.1) is 25.8 Å². The van der Waals surface area contributed by atoms with Crippen molar-refractivity contribution in [1.29, 1.82) is 0 Å². The van der Waals surface area contributed by atoms with Gasteiger partial charge in [0.2, 0.25) is 0 Å². The number of pyridine rings is 1. The van der Waals surface area contributed by atoms with Gasteiger partial charge < -0.3 is 25.0 Å². The fraction of sp³-hybridized carbons (Fsp3) is 0.194. The Balaban J connectivity index is 1.51. The molecule has 0 radical (unpaired) electrons. The van der Waals surface area contributed by atoms with E-state index in [9.17, 15) is 14.4 Å². The Labute approximate surface area is 226 Å². The Kier molecular flexibility index (Phi) is 8.46. The van der Waals surface area contributed by atoms with Crippen LogP contribution in [0.15, 0.2) is 89.9 Å². The standard InChI is InChI=1S/C31H31N3O5/c1-20-7-4-5-9-26(20)32-31(38)33-27-15-14-24(18-28(27)39-3)25-8-6-16-34(30(25)37)19-22-10-12-23(13-11-22)21(2)17-29(35)36/h4-16,18,21H,17,19H2,1-3H3,(H,35,36)(H2,32,33,38)/t21-/m1/s1. The number of rotatable bonds is 9. The second-order valence-electron chi connectivity index (χ2n) is 9.40. The van der Waals surface area contributed by atoms with E-state index in [1.807, 2.05) is 68.4 Å². The number of methoxy groups -OCH3 is 1. The lowest BCUT2D eigenvalue weighted by Gasteiger charge is -2.14. The number of carboxylic acid groups (broad SMARTS) is 1. The number of carbonyl (C=O) groups excluding carboxylic acids is 1. The Morgan fingerprint density at radius 3 is 2.36 bits per heavy atom. The SMILES string of the molecule is COc1cc(-c2cccn(Cc3ccc([C@H](C)CC(=O)O)cc3)c2=O)ccc1NC(=O)Nc1ccccc1C. The quantitative estimate of drug-likeness (QED) is 0.245. The first kappa shape index (κ1) is 27.2. The van der Waals surface area contributed by atoms with Crippen LogP contribution in [0, 0.1) is 6.92 Å². The molecule has 4 rings (SSSR count). The molecule has 3 N–H and O–H groups in total. The van der Waals surface area contributed by atoms with Crippen molar-refractivity contribution in [3.05, 3.63) is 112 Å². The van der Waals surface area contributed by atoms with Crippen LogP contribution in [0.2, 0.25) is 0 Å². The molecule has 2 amide bonds. The van der Waals surface area contributed by atoms with Gasteiger partial charge in [0.15, 0.2) is 0 Å². The van der Waals surface area contributed by atoms with Crippen LogP contribution in [-0.4, -0.2) is 28.8 Å². The Morgan fingerprint density at radius 2 is 1.67 bits per heavy atom. The highest BCUT2D eigenvalue weighted by atomic mass is 16.5. The predicted molar refractivity (Wildman–Crippen MR) is 153 cm³/mol. The van der Waals surface area contributed by atoms with Crippen molar-refractivity contribution in [1.82, 2.24) is 4.57 Å². The Bertz CT molecular complexity index is 1540. The number of para-hydroxylation sites is 1. The summed E-state index contributed by atoms with van der Waals surface area (Å²) in [5, 5.41) is 14.7. The molecule has 1 atom stereocenters. The second kappa shape index (κ2) is 12.1. The minimum Gasteiger partial charge on any atom is -0.495 e. The molecule has 0 fully saturated rings. The summed E-state index contributed by atoms with van der Waals surface area (Å²) in [5.41, 5.74) is 4.99. The van der Waals surface area contributed by atoms with Gasteiger partial charge in [0.1, 0.15) is 5.75 Å². The van der Waals surface area contributed by atoms with Crippen molar-refractivity contribution in [2.24, 2.45) is 0 Å². The molecular weight excluding hydrogens is 494 g/mol. The lowest BCUT2D eigenvalue weighted by molar-refractivity contribution is -0.137. The Morgan fingerprint density at radius 1 is 0.949 bits per heavy atom. The molecule has 1 aromatic heterocycles. The van der Waals surface area contributed by atoms with Gasteiger partial charge in [-0.3, -0.25) is 9.59 Å². The van der Waals surface area contributed by atoms with Gasteiger partial charge in [-0.05, 0) is 65.4 Å². The topological polar surface area (TPSA) is 110 Å². The molecule has 200 valence electrons. The molecule has 0 unspecified atom stereocenters. The molecule has 0 spiro atoms. The van der Waals surface area contributed by atoms with E-state index in [4.69, 9.17) is 9.84 Å². The van der Waals surface area contributed by atoms with Crippen molar-refractivity contribution in [3.8, 4) is 16.9 Å². The van der Waals surface area contributed by atoms with Gasteiger partial charge in [0, 0.05) is 17.4 Å². The van der Waals surface area contributed by atoms with Crippen LogP contribution in [0.3, 0.4) is 0 Å². The van der Waals surface area contributed by atoms with E-state index in [-0.39, 0.29) is 17.9 Å². The molecule has 0 saturated carbocycles. The fourth-order valence-corrected chi connectivity index (χ4v) is 4.36. The first-order chi connectivity index (χ1) is 18.7. The first-order valence-electron chi connectivity index (χ1n) is 12.6. The number of anilines is 2. The van der Waals surface area contributed by atoms with E-state index in [1.165, 1.54) is 7.11 Å². The number of aliphatic carboxylic acids is 1. The third-order valence-electron chi connectivity index (χ3n) is 6.56. The number of ether oxygens (including phenoxy) is 1. The molecular formula is C31H31N3O5. The van der Waals surface area contributed by atoms with Crippen LogP contribution in [0.1, 0.15) is 36.0 Å².